The molecular formula is C19H23ClN4. The van der Waals surface area contributed by atoms with Gasteiger partial charge in [-0.1, -0.05) is 42.5 Å². The Morgan fingerprint density at radius 2 is 1.62 bits per heavy atom. The van der Waals surface area contributed by atoms with Crippen LogP contribution < -0.4 is 5.32 Å². The molecule has 0 amide bonds. The second-order valence-corrected chi connectivity index (χ2v) is 5.86. The predicted molar refractivity (Wildman–Crippen MR) is 104 cm³/mol. The lowest BCUT2D eigenvalue weighted by atomic mass is 10.2. The maximum Gasteiger partial charge on any atom is 0.162 e. The fourth-order valence-electron chi connectivity index (χ4n) is 2.53. The third-order valence-electron chi connectivity index (χ3n) is 3.71. The maximum atomic E-state index is 4.75. The number of nitrogens with zero attached hydrogens (tertiary/aromatic N) is 3. The van der Waals surface area contributed by atoms with Crippen LogP contribution in [-0.4, -0.2) is 42.1 Å². The van der Waals surface area contributed by atoms with Crippen molar-refractivity contribution in [3.8, 4) is 11.4 Å². The van der Waals surface area contributed by atoms with Gasteiger partial charge >= 0.3 is 0 Å². The van der Waals surface area contributed by atoms with Crippen LogP contribution in [0.5, 0.6) is 0 Å². The van der Waals surface area contributed by atoms with Crippen LogP contribution >= 0.6 is 12.4 Å². The van der Waals surface area contributed by atoms with Crippen molar-refractivity contribution in [3.63, 3.8) is 0 Å². The van der Waals surface area contributed by atoms with Crippen molar-refractivity contribution in [1.82, 2.24) is 14.9 Å². The Morgan fingerprint density at radius 1 is 0.917 bits per heavy atom. The smallest absolute Gasteiger partial charge is 0.162 e. The number of halogens is 1. The van der Waals surface area contributed by atoms with Gasteiger partial charge in [-0.15, -0.1) is 12.4 Å². The number of aromatic nitrogens is 2. The van der Waals surface area contributed by atoms with Crippen molar-refractivity contribution in [3.05, 3.63) is 54.6 Å². The van der Waals surface area contributed by atoms with E-state index in [1.165, 1.54) is 0 Å². The zero-order valence-electron chi connectivity index (χ0n) is 14.1. The molecule has 1 aromatic heterocycles. The second-order valence-electron chi connectivity index (χ2n) is 5.86. The molecule has 0 aliphatic heterocycles. The van der Waals surface area contributed by atoms with E-state index in [1.54, 1.807) is 0 Å². The maximum absolute atomic E-state index is 4.75. The van der Waals surface area contributed by atoms with Crippen LogP contribution in [0.2, 0.25) is 0 Å². The molecule has 0 aliphatic rings. The molecule has 1 heterocycles. The summed E-state index contributed by atoms with van der Waals surface area (Å²) in [5.41, 5.74) is 2.01. The number of hydrogen-bond acceptors (Lipinski definition) is 4. The van der Waals surface area contributed by atoms with Crippen LogP contribution in [0.1, 0.15) is 6.42 Å². The van der Waals surface area contributed by atoms with E-state index in [0.717, 1.165) is 47.6 Å². The molecule has 126 valence electrons. The molecule has 0 saturated heterocycles. The summed E-state index contributed by atoms with van der Waals surface area (Å²) in [5, 5.41) is 4.54. The molecule has 0 spiro atoms. The van der Waals surface area contributed by atoms with E-state index in [-0.39, 0.29) is 12.4 Å². The van der Waals surface area contributed by atoms with Crippen LogP contribution in [0.3, 0.4) is 0 Å². The van der Waals surface area contributed by atoms with E-state index < -0.39 is 0 Å². The first kappa shape index (κ1) is 18.2. The largest absolute Gasteiger partial charge is 0.369 e. The molecule has 0 fully saturated rings. The van der Waals surface area contributed by atoms with Crippen molar-refractivity contribution in [2.24, 2.45) is 0 Å². The highest BCUT2D eigenvalue weighted by Gasteiger charge is 2.08. The third kappa shape index (κ3) is 4.43. The Labute approximate surface area is 149 Å². The minimum atomic E-state index is 0. The average Bonchev–Trinajstić information content (AvgIpc) is 2.59. The van der Waals surface area contributed by atoms with Crippen LogP contribution in [0.25, 0.3) is 22.3 Å². The van der Waals surface area contributed by atoms with Crippen LogP contribution in [0.15, 0.2) is 54.6 Å². The highest BCUT2D eigenvalue weighted by atomic mass is 35.5. The number of hydrogen-bond donors (Lipinski definition) is 1. The number of nitrogens with one attached hydrogen (secondary N) is 1. The number of anilines is 1. The zero-order valence-corrected chi connectivity index (χ0v) is 14.9. The lowest BCUT2D eigenvalue weighted by Crippen LogP contribution is -2.16. The lowest BCUT2D eigenvalue weighted by molar-refractivity contribution is 0.405. The standard InChI is InChI=1S/C19H22N4.ClH/c1-23(2)14-8-13-20-19-16-11-6-7-12-17(16)21-18(22-19)15-9-4-3-5-10-15;/h3-7,9-12H,8,13-14H2,1-2H3,(H,20,21,22);1H. The summed E-state index contributed by atoms with van der Waals surface area (Å²) in [6.45, 7) is 1.95. The normalized spacial score (nSPS) is 10.6. The van der Waals surface area contributed by atoms with Gasteiger partial charge in [-0.2, -0.15) is 0 Å². The highest BCUT2D eigenvalue weighted by Crippen LogP contribution is 2.24. The summed E-state index contributed by atoms with van der Waals surface area (Å²) >= 11 is 0. The Hall–Kier alpha value is -2.17. The second kappa shape index (κ2) is 8.62. The number of rotatable bonds is 6. The minimum Gasteiger partial charge on any atom is -0.369 e. The molecule has 0 saturated carbocycles. The molecule has 2 aromatic carbocycles. The van der Waals surface area contributed by atoms with Gasteiger partial charge in [0, 0.05) is 17.5 Å². The Bertz CT molecular complexity index is 775. The molecule has 1 N–H and O–H groups in total. The summed E-state index contributed by atoms with van der Waals surface area (Å²) in [6, 6.07) is 18.3. The topological polar surface area (TPSA) is 41.0 Å². The van der Waals surface area contributed by atoms with E-state index in [2.05, 4.69) is 30.4 Å². The molecule has 0 atom stereocenters. The number of para-hydroxylation sites is 1. The zero-order chi connectivity index (χ0) is 16.1. The van der Waals surface area contributed by atoms with Crippen LogP contribution in [0, 0.1) is 0 Å². The van der Waals surface area contributed by atoms with Gasteiger partial charge in [0.05, 0.1) is 5.52 Å². The highest BCUT2D eigenvalue weighted by molar-refractivity contribution is 5.90. The van der Waals surface area contributed by atoms with Crippen molar-refractivity contribution < 1.29 is 0 Å². The Morgan fingerprint density at radius 3 is 2.38 bits per heavy atom. The van der Waals surface area contributed by atoms with Gasteiger partial charge in [0.25, 0.3) is 0 Å². The average molecular weight is 343 g/mol. The van der Waals surface area contributed by atoms with E-state index in [4.69, 9.17) is 9.97 Å². The van der Waals surface area contributed by atoms with Crippen molar-refractivity contribution in [2.75, 3.05) is 32.5 Å². The first-order chi connectivity index (χ1) is 11.2. The quantitative estimate of drug-likeness (QED) is 0.685. The lowest BCUT2D eigenvalue weighted by Gasteiger charge is -2.13. The van der Waals surface area contributed by atoms with Gasteiger partial charge in [-0.25, -0.2) is 9.97 Å². The van der Waals surface area contributed by atoms with Gasteiger partial charge < -0.3 is 10.2 Å². The summed E-state index contributed by atoms with van der Waals surface area (Å²) in [5.74, 6) is 1.67. The molecule has 0 radical (unpaired) electrons. The summed E-state index contributed by atoms with van der Waals surface area (Å²) in [6.07, 6.45) is 1.08. The summed E-state index contributed by atoms with van der Waals surface area (Å²) in [7, 11) is 4.18. The van der Waals surface area contributed by atoms with Gasteiger partial charge in [-0.3, -0.25) is 0 Å². The molecule has 0 unspecified atom stereocenters. The molecule has 0 aliphatic carbocycles. The van der Waals surface area contributed by atoms with E-state index in [0.29, 0.717) is 0 Å². The first-order valence-electron chi connectivity index (χ1n) is 7.95. The third-order valence-corrected chi connectivity index (χ3v) is 3.71. The van der Waals surface area contributed by atoms with Crippen molar-refractivity contribution in [1.29, 1.82) is 0 Å². The first-order valence-corrected chi connectivity index (χ1v) is 7.95. The molecule has 3 rings (SSSR count). The Kier molecular flexibility index (Phi) is 6.53. The van der Waals surface area contributed by atoms with Crippen molar-refractivity contribution in [2.45, 2.75) is 6.42 Å². The van der Waals surface area contributed by atoms with Crippen molar-refractivity contribution >= 4 is 29.1 Å². The molecular weight excluding hydrogens is 320 g/mol. The molecule has 0 bridgehead atoms. The summed E-state index contributed by atoms with van der Waals surface area (Å²) in [4.78, 5) is 11.6. The van der Waals surface area contributed by atoms with E-state index in [1.807, 2.05) is 48.5 Å². The van der Waals surface area contributed by atoms with E-state index >= 15 is 0 Å². The molecule has 3 aromatic rings. The monoisotopic (exact) mass is 342 g/mol. The molecule has 5 heteroatoms. The van der Waals surface area contributed by atoms with Gasteiger partial charge in [-0.05, 0) is 39.2 Å². The summed E-state index contributed by atoms with van der Waals surface area (Å²) < 4.78 is 0. The van der Waals surface area contributed by atoms with E-state index in [9.17, 15) is 0 Å². The SMILES string of the molecule is CN(C)CCCNc1nc(-c2ccccc2)nc2ccccc12.Cl. The Balaban J connectivity index is 0.00000208. The van der Waals surface area contributed by atoms with Gasteiger partial charge in [0.1, 0.15) is 5.82 Å². The molecule has 24 heavy (non-hydrogen) atoms. The van der Waals surface area contributed by atoms with Crippen LogP contribution in [0.4, 0.5) is 5.82 Å². The number of benzene rings is 2. The van der Waals surface area contributed by atoms with Gasteiger partial charge in [0.2, 0.25) is 0 Å². The fourth-order valence-corrected chi connectivity index (χ4v) is 2.53. The predicted octanol–water partition coefficient (Wildman–Crippen LogP) is 4.08. The fraction of sp³-hybridized carbons (Fsp3) is 0.263. The van der Waals surface area contributed by atoms with Crippen LogP contribution in [-0.2, 0) is 0 Å². The number of fused-ring (bicyclic) bond motifs is 1. The minimum absolute atomic E-state index is 0. The molecule has 4 nitrogen and oxygen atoms in total. The van der Waals surface area contributed by atoms with Gasteiger partial charge in [0.15, 0.2) is 5.82 Å².